The molecule has 1 aromatic carbocycles. The quantitative estimate of drug-likeness (QED) is 0.784. The maximum atomic E-state index is 11.3. The van der Waals surface area contributed by atoms with E-state index in [9.17, 15) is 4.79 Å². The van der Waals surface area contributed by atoms with Gasteiger partial charge in [-0.3, -0.25) is 4.79 Å². The van der Waals surface area contributed by atoms with Crippen LogP contribution >= 0.6 is 0 Å². The molecule has 3 nitrogen and oxygen atoms in total. The normalized spacial score (nSPS) is 12.2. The highest BCUT2D eigenvalue weighted by molar-refractivity contribution is 5.76. The number of hydrogen-bond acceptors (Lipinski definition) is 2. The first-order chi connectivity index (χ1) is 7.13. The van der Waals surface area contributed by atoms with Crippen molar-refractivity contribution >= 4 is 5.91 Å². The van der Waals surface area contributed by atoms with E-state index < -0.39 is 0 Å². The molecule has 0 fully saturated rings. The highest BCUT2D eigenvalue weighted by atomic mass is 16.1. The molecule has 1 amide bonds. The van der Waals surface area contributed by atoms with Crippen LogP contribution < -0.4 is 11.1 Å². The van der Waals surface area contributed by atoms with E-state index in [1.165, 1.54) is 5.56 Å². The highest BCUT2D eigenvalue weighted by Gasteiger charge is 2.08. The van der Waals surface area contributed by atoms with Gasteiger partial charge in [-0.1, -0.05) is 29.8 Å². The van der Waals surface area contributed by atoms with Gasteiger partial charge in [-0.15, -0.1) is 0 Å². The molecule has 0 aliphatic rings. The largest absolute Gasteiger partial charge is 0.350 e. The van der Waals surface area contributed by atoms with E-state index >= 15 is 0 Å². The summed E-state index contributed by atoms with van der Waals surface area (Å²) in [5, 5.41) is 2.91. The van der Waals surface area contributed by atoms with Crippen LogP contribution in [0.25, 0.3) is 0 Å². The van der Waals surface area contributed by atoms with Gasteiger partial charge < -0.3 is 11.1 Å². The Morgan fingerprint density at radius 3 is 2.87 bits per heavy atom. The Kier molecular flexibility index (Phi) is 4.31. The molecule has 0 heterocycles. The molecule has 1 rings (SSSR count). The lowest BCUT2D eigenvalue weighted by Gasteiger charge is -2.14. The second-order valence-electron chi connectivity index (χ2n) is 3.74. The molecule has 0 unspecified atom stereocenters. The van der Waals surface area contributed by atoms with E-state index in [0.29, 0.717) is 13.0 Å². The number of carbonyl (C=O) groups excluding carboxylic acids is 1. The summed E-state index contributed by atoms with van der Waals surface area (Å²) in [6, 6.07) is 8.17. The van der Waals surface area contributed by atoms with Crippen LogP contribution in [0.3, 0.4) is 0 Å². The van der Waals surface area contributed by atoms with Gasteiger partial charge in [0.25, 0.3) is 0 Å². The van der Waals surface area contributed by atoms with E-state index in [-0.39, 0.29) is 11.9 Å². The fourth-order valence-electron chi connectivity index (χ4n) is 1.47. The van der Waals surface area contributed by atoms with Gasteiger partial charge in [0.05, 0.1) is 6.04 Å². The lowest BCUT2D eigenvalue weighted by molar-refractivity contribution is -0.121. The predicted octanol–water partition coefficient (Wildman–Crippen LogP) is 1.52. The second-order valence-corrected chi connectivity index (χ2v) is 3.74. The Labute approximate surface area is 90.7 Å². The molecule has 0 aliphatic heterocycles. The maximum absolute atomic E-state index is 11.3. The van der Waals surface area contributed by atoms with Gasteiger partial charge in [0.15, 0.2) is 0 Å². The van der Waals surface area contributed by atoms with Crippen molar-refractivity contribution in [1.82, 2.24) is 5.32 Å². The van der Waals surface area contributed by atoms with Crippen LogP contribution in [0, 0.1) is 6.92 Å². The van der Waals surface area contributed by atoms with Crippen LogP contribution in [0.15, 0.2) is 24.3 Å². The van der Waals surface area contributed by atoms with Gasteiger partial charge in [-0.05, 0) is 19.4 Å². The van der Waals surface area contributed by atoms with Gasteiger partial charge in [0.2, 0.25) is 5.91 Å². The lowest BCUT2D eigenvalue weighted by atomic mass is 10.1. The lowest BCUT2D eigenvalue weighted by Crippen LogP contribution is -2.28. The molecule has 0 aromatic heterocycles. The van der Waals surface area contributed by atoms with Crippen LogP contribution in [0.2, 0.25) is 0 Å². The first-order valence-corrected chi connectivity index (χ1v) is 5.19. The summed E-state index contributed by atoms with van der Waals surface area (Å²) >= 11 is 0. The average molecular weight is 206 g/mol. The summed E-state index contributed by atoms with van der Waals surface area (Å²) in [5.74, 6) is 0.00602. The number of amides is 1. The molecule has 0 spiro atoms. The van der Waals surface area contributed by atoms with E-state index in [1.54, 1.807) is 0 Å². The standard InChI is InChI=1S/C12H18N2O/c1-9-4-3-5-11(8-9)10(2)14-12(15)6-7-13/h3-5,8,10H,6-7,13H2,1-2H3,(H,14,15)/t10-/m1/s1. The number of carbonyl (C=O) groups is 1. The van der Waals surface area contributed by atoms with Crippen molar-refractivity contribution in [2.75, 3.05) is 6.54 Å². The Morgan fingerprint density at radius 1 is 1.53 bits per heavy atom. The highest BCUT2D eigenvalue weighted by Crippen LogP contribution is 2.13. The van der Waals surface area contributed by atoms with Crippen molar-refractivity contribution in [1.29, 1.82) is 0 Å². The Morgan fingerprint density at radius 2 is 2.27 bits per heavy atom. The van der Waals surface area contributed by atoms with Gasteiger partial charge in [0.1, 0.15) is 0 Å². The van der Waals surface area contributed by atoms with E-state index in [4.69, 9.17) is 5.73 Å². The first kappa shape index (κ1) is 11.7. The number of hydrogen-bond donors (Lipinski definition) is 2. The van der Waals surface area contributed by atoms with Crippen LogP contribution in [0.4, 0.5) is 0 Å². The third kappa shape index (κ3) is 3.72. The van der Waals surface area contributed by atoms with Gasteiger partial charge in [-0.25, -0.2) is 0 Å². The van der Waals surface area contributed by atoms with E-state index in [1.807, 2.05) is 32.0 Å². The topological polar surface area (TPSA) is 55.1 Å². The van der Waals surface area contributed by atoms with Crippen LogP contribution in [0.1, 0.15) is 30.5 Å². The third-order valence-corrected chi connectivity index (χ3v) is 2.29. The number of aryl methyl sites for hydroxylation is 1. The zero-order valence-electron chi connectivity index (χ0n) is 9.29. The first-order valence-electron chi connectivity index (χ1n) is 5.19. The van der Waals surface area contributed by atoms with Gasteiger partial charge in [0, 0.05) is 13.0 Å². The number of benzene rings is 1. The second kappa shape index (κ2) is 5.51. The average Bonchev–Trinajstić information content (AvgIpc) is 2.18. The van der Waals surface area contributed by atoms with Gasteiger partial charge in [-0.2, -0.15) is 0 Å². The Bertz CT molecular complexity index is 336. The smallest absolute Gasteiger partial charge is 0.221 e. The summed E-state index contributed by atoms with van der Waals surface area (Å²) in [6.45, 7) is 4.41. The molecule has 1 aromatic rings. The monoisotopic (exact) mass is 206 g/mol. The summed E-state index contributed by atoms with van der Waals surface area (Å²) in [7, 11) is 0. The van der Waals surface area contributed by atoms with Crippen molar-refractivity contribution in [3.63, 3.8) is 0 Å². The molecular formula is C12H18N2O. The zero-order valence-corrected chi connectivity index (χ0v) is 9.29. The molecule has 0 bridgehead atoms. The van der Waals surface area contributed by atoms with Crippen LogP contribution in [-0.2, 0) is 4.79 Å². The SMILES string of the molecule is Cc1cccc([C@@H](C)NC(=O)CCN)c1. The van der Waals surface area contributed by atoms with E-state index in [2.05, 4.69) is 11.4 Å². The zero-order chi connectivity index (χ0) is 11.3. The summed E-state index contributed by atoms with van der Waals surface area (Å²) < 4.78 is 0. The molecule has 0 saturated carbocycles. The molecule has 1 atom stereocenters. The molecule has 0 radical (unpaired) electrons. The minimum Gasteiger partial charge on any atom is -0.350 e. The molecule has 3 N–H and O–H groups in total. The molecule has 3 heteroatoms. The predicted molar refractivity (Wildman–Crippen MR) is 61.4 cm³/mol. The molecule has 15 heavy (non-hydrogen) atoms. The minimum atomic E-state index is 0.00602. The molecule has 82 valence electrons. The summed E-state index contributed by atoms with van der Waals surface area (Å²) in [6.07, 6.45) is 0.385. The summed E-state index contributed by atoms with van der Waals surface area (Å²) in [4.78, 5) is 11.3. The van der Waals surface area contributed by atoms with Crippen molar-refractivity contribution < 1.29 is 4.79 Å². The van der Waals surface area contributed by atoms with Crippen LogP contribution in [-0.4, -0.2) is 12.5 Å². The van der Waals surface area contributed by atoms with Crippen molar-refractivity contribution in [2.45, 2.75) is 26.3 Å². The minimum absolute atomic E-state index is 0.00602. The molecule has 0 saturated heterocycles. The van der Waals surface area contributed by atoms with Crippen LogP contribution in [0.5, 0.6) is 0 Å². The number of nitrogens with one attached hydrogen (secondary N) is 1. The number of nitrogens with two attached hydrogens (primary N) is 1. The summed E-state index contributed by atoms with van der Waals surface area (Å²) in [5.41, 5.74) is 7.63. The fraction of sp³-hybridized carbons (Fsp3) is 0.417. The fourth-order valence-corrected chi connectivity index (χ4v) is 1.47. The molecular weight excluding hydrogens is 188 g/mol. The Hall–Kier alpha value is -1.35. The maximum Gasteiger partial charge on any atom is 0.221 e. The van der Waals surface area contributed by atoms with Crippen molar-refractivity contribution in [3.8, 4) is 0 Å². The van der Waals surface area contributed by atoms with Crippen molar-refractivity contribution in [3.05, 3.63) is 35.4 Å². The number of rotatable bonds is 4. The van der Waals surface area contributed by atoms with E-state index in [0.717, 1.165) is 5.56 Å². The van der Waals surface area contributed by atoms with Gasteiger partial charge >= 0.3 is 0 Å². The molecule has 0 aliphatic carbocycles. The Balaban J connectivity index is 2.60. The third-order valence-electron chi connectivity index (χ3n) is 2.29. The van der Waals surface area contributed by atoms with Crippen molar-refractivity contribution in [2.24, 2.45) is 5.73 Å².